The van der Waals surface area contributed by atoms with Crippen LogP contribution in [0.25, 0.3) is 11.3 Å². The van der Waals surface area contributed by atoms with Gasteiger partial charge in [-0.15, -0.1) is 0 Å². The molecule has 7 aromatic heterocycles. The first-order valence-corrected chi connectivity index (χ1v) is 31.2. The summed E-state index contributed by atoms with van der Waals surface area (Å²) in [7, 11) is 0. The molecule has 5 N–H and O–H groups in total. The fourth-order valence-electron chi connectivity index (χ4n) is 20.5. The smallest absolute Gasteiger partial charge is 0.233 e. The van der Waals surface area contributed by atoms with Crippen molar-refractivity contribution < 1.29 is 29.7 Å². The zero-order chi connectivity index (χ0) is 58.4. The lowest BCUT2D eigenvalue weighted by molar-refractivity contribution is -0.142. The van der Waals surface area contributed by atoms with Crippen LogP contribution in [0.15, 0.2) is 55.8 Å². The summed E-state index contributed by atoms with van der Waals surface area (Å²) in [6.07, 6.45) is 29.7. The summed E-state index contributed by atoms with van der Waals surface area (Å²) >= 11 is 5.96. The highest BCUT2D eigenvalue weighted by molar-refractivity contribution is 6.28. The topological polar surface area (TPSA) is 283 Å². The van der Waals surface area contributed by atoms with Gasteiger partial charge in [-0.1, -0.05) is 0 Å². The predicted octanol–water partition coefficient (Wildman–Crippen LogP) is 7.19. The van der Waals surface area contributed by atoms with E-state index in [-0.39, 0.29) is 39.6 Å². The molecule has 10 heterocycles. The molecule has 12 aliphatic carbocycles. The number of carbonyl (C=O) groups is 3. The van der Waals surface area contributed by atoms with Crippen molar-refractivity contribution in [1.82, 2.24) is 59.1 Å². The number of carbonyl (C=O) groups excluding carboxylic acids is 3. The van der Waals surface area contributed by atoms with Crippen LogP contribution in [-0.4, -0.2) is 126 Å². The third-order valence-corrected chi connectivity index (χ3v) is 22.2. The molecular weight excluding hydrogens is 1110 g/mol. The molecule has 0 aromatic carbocycles. The van der Waals surface area contributed by atoms with E-state index in [2.05, 4.69) is 50.7 Å². The number of aromatic nitrogens is 12. The average molecular weight is 1180 g/mol. The first-order valence-electron chi connectivity index (χ1n) is 30.8. The fraction of sp³-hybridized carbons (Fsp3) is 0.565. The van der Waals surface area contributed by atoms with Crippen LogP contribution in [0.3, 0.4) is 0 Å². The Morgan fingerprint density at radius 2 is 0.814 bits per heavy atom. The number of nitrogens with zero attached hydrogens (tertiary/aromatic N) is 15. The quantitative estimate of drug-likeness (QED) is 0.0987. The Bertz CT molecular complexity index is 3820. The number of pyridine rings is 2. The Morgan fingerprint density at radius 3 is 1.16 bits per heavy atom. The molecule has 12 bridgehead atoms. The van der Waals surface area contributed by atoms with Gasteiger partial charge in [-0.05, 0) is 200 Å². The molecule has 0 spiro atoms. The summed E-state index contributed by atoms with van der Waals surface area (Å²) < 4.78 is 3.41. The molecule has 0 radical (unpaired) electrons. The zero-order valence-corrected chi connectivity index (χ0v) is 48.9. The van der Waals surface area contributed by atoms with Gasteiger partial charge in [-0.3, -0.25) is 29.1 Å². The molecule has 3 aliphatic heterocycles. The number of fused-ring (bicyclic) bond motifs is 5. The predicted molar refractivity (Wildman–Crippen MR) is 314 cm³/mol. The summed E-state index contributed by atoms with van der Waals surface area (Å²) in [5, 5.41) is 48.5. The lowest BCUT2D eigenvalue weighted by Gasteiger charge is -2.62. The molecule has 12 saturated carbocycles. The molecule has 0 saturated heterocycles. The number of anilines is 7. The molecule has 6 unspecified atom stereocenters. The maximum absolute atomic E-state index is 13.2. The van der Waals surface area contributed by atoms with E-state index in [0.717, 1.165) is 128 Å². The number of nitrogens with one attached hydrogen (secondary N) is 2. The molecule has 15 aliphatic rings. The lowest BCUT2D eigenvalue weighted by Crippen LogP contribution is -2.66. The average Bonchev–Trinajstić information content (AvgIpc) is 1.16. The number of halogens is 1. The number of aliphatic hydroxyl groups is 3. The highest BCUT2D eigenvalue weighted by Gasteiger charge is 2.65. The minimum Gasteiger partial charge on any atom is -0.390 e. The van der Waals surface area contributed by atoms with Gasteiger partial charge in [-0.25, -0.2) is 34.0 Å². The van der Waals surface area contributed by atoms with Crippen molar-refractivity contribution in [3.8, 4) is 0 Å². The van der Waals surface area contributed by atoms with Gasteiger partial charge in [0, 0.05) is 35.3 Å². The number of amides is 3. The Balaban J connectivity index is 0.000000103. The maximum Gasteiger partial charge on any atom is 0.233 e. The van der Waals surface area contributed by atoms with Crippen LogP contribution in [0.4, 0.5) is 40.7 Å². The van der Waals surface area contributed by atoms with E-state index >= 15 is 0 Å². The summed E-state index contributed by atoms with van der Waals surface area (Å²) in [5.74, 6) is 6.27. The Morgan fingerprint density at radius 1 is 0.477 bits per heavy atom. The van der Waals surface area contributed by atoms with E-state index in [1.165, 1.54) is 31.9 Å². The second-order valence-electron chi connectivity index (χ2n) is 28.6. The van der Waals surface area contributed by atoms with Crippen LogP contribution in [0, 0.1) is 49.4 Å². The zero-order valence-electron chi connectivity index (χ0n) is 48.2. The first kappa shape index (κ1) is 52.9. The van der Waals surface area contributed by atoms with Gasteiger partial charge >= 0.3 is 0 Å². The molecule has 6 atom stereocenters. The van der Waals surface area contributed by atoms with E-state index in [0.29, 0.717) is 103 Å². The van der Waals surface area contributed by atoms with E-state index in [1.807, 2.05) is 53.1 Å². The molecular formula is C62H68ClN17O6. The SMILES string of the molecule is Cc1cc2ncnn2cc1Nc1ncc2c(n1)N(C13CC4CC(CC(O)(C4)C1)C3)C(=O)C2.Cc1cc2ncnn2cc1Nc1ncc2c(n1)N(C13CC4CC(CC(O)(C4)C1)C3)C(=O)C2.O=C1Cc2cnc(Cl)nc2N1C12CC3CC(CC(O)(C3)C1)C2. The molecule has 444 valence electrons. The number of hydrogen-bond acceptors (Lipinski definition) is 18. The summed E-state index contributed by atoms with van der Waals surface area (Å²) in [6.45, 7) is 3.99. The maximum atomic E-state index is 13.2. The van der Waals surface area contributed by atoms with Crippen molar-refractivity contribution in [3.05, 3.63) is 88.9 Å². The van der Waals surface area contributed by atoms with Crippen molar-refractivity contribution in [3.63, 3.8) is 0 Å². The van der Waals surface area contributed by atoms with E-state index in [1.54, 1.807) is 27.6 Å². The second kappa shape index (κ2) is 18.4. The molecule has 24 heteroatoms. The van der Waals surface area contributed by atoms with Gasteiger partial charge in [0.15, 0.2) is 11.3 Å². The molecule has 7 aromatic rings. The fourth-order valence-corrected chi connectivity index (χ4v) is 20.6. The van der Waals surface area contributed by atoms with Crippen LogP contribution >= 0.6 is 11.6 Å². The first-order chi connectivity index (χ1) is 41.3. The van der Waals surface area contributed by atoms with Crippen molar-refractivity contribution >= 4 is 81.3 Å². The number of rotatable bonds is 7. The van der Waals surface area contributed by atoms with E-state index in [9.17, 15) is 29.7 Å². The van der Waals surface area contributed by atoms with E-state index in [4.69, 9.17) is 21.6 Å². The van der Waals surface area contributed by atoms with Crippen molar-refractivity contribution in [2.75, 3.05) is 25.3 Å². The number of aryl methyl sites for hydroxylation is 2. The minimum absolute atomic E-state index is 0.0807. The van der Waals surface area contributed by atoms with Gasteiger partial charge in [0.05, 0.1) is 76.5 Å². The highest BCUT2D eigenvalue weighted by atomic mass is 35.5. The molecule has 12 fully saturated rings. The van der Waals surface area contributed by atoms with Crippen molar-refractivity contribution in [2.45, 2.75) is 182 Å². The highest BCUT2D eigenvalue weighted by Crippen LogP contribution is 2.64. The Kier molecular flexibility index (Phi) is 11.3. The number of hydrogen-bond donors (Lipinski definition) is 5. The van der Waals surface area contributed by atoms with Crippen LogP contribution in [0.2, 0.25) is 5.28 Å². The second-order valence-corrected chi connectivity index (χ2v) is 29.0. The van der Waals surface area contributed by atoms with Crippen LogP contribution in [-0.2, 0) is 33.6 Å². The summed E-state index contributed by atoms with van der Waals surface area (Å²) in [6, 6.07) is 3.91. The third kappa shape index (κ3) is 8.47. The van der Waals surface area contributed by atoms with Crippen molar-refractivity contribution in [2.24, 2.45) is 35.5 Å². The third-order valence-electron chi connectivity index (χ3n) is 22.1. The van der Waals surface area contributed by atoms with Crippen LogP contribution in [0.1, 0.15) is 143 Å². The largest absolute Gasteiger partial charge is 0.390 e. The van der Waals surface area contributed by atoms with Crippen molar-refractivity contribution in [1.29, 1.82) is 0 Å². The molecule has 3 amide bonds. The normalized spacial score (nSPS) is 35.1. The van der Waals surface area contributed by atoms with Gasteiger partial charge in [-0.2, -0.15) is 25.1 Å². The van der Waals surface area contributed by atoms with E-state index < -0.39 is 16.8 Å². The molecule has 22 rings (SSSR count). The molecule has 23 nitrogen and oxygen atoms in total. The Hall–Kier alpha value is -7.34. The van der Waals surface area contributed by atoms with Gasteiger partial charge < -0.3 is 26.0 Å². The van der Waals surface area contributed by atoms with Gasteiger partial charge in [0.1, 0.15) is 30.1 Å². The lowest BCUT2D eigenvalue weighted by atomic mass is 9.50. The van der Waals surface area contributed by atoms with Crippen LogP contribution < -0.4 is 25.3 Å². The van der Waals surface area contributed by atoms with Gasteiger partial charge in [0.25, 0.3) is 0 Å². The van der Waals surface area contributed by atoms with Gasteiger partial charge in [0.2, 0.25) is 34.9 Å². The monoisotopic (exact) mass is 1180 g/mol. The molecule has 86 heavy (non-hydrogen) atoms. The standard InChI is InChI=1S/2C23H25N7O2.C16H18ClN3O2/c2*1-13-2-18-25-12-26-29(18)10-17(13)27-21-24-9-16-4-19(31)30(20(16)28-21)22-5-14-3-15(6-22)8-23(32,7-14)11-22;17-14-18-7-11-2-12(21)20(13(11)19-14)15-3-9-1-10(4-15)6-16(22,5-9)8-15/h2*2,9-10,12,14-15,32H,3-8,11H2,1H3,(H,24,27,28);7,9-10,22H,1-6,8H2. The Labute approximate surface area is 499 Å². The minimum atomic E-state index is -0.633. The summed E-state index contributed by atoms with van der Waals surface area (Å²) in [5.41, 5.74) is 5.07. The van der Waals surface area contributed by atoms with Crippen LogP contribution in [0.5, 0.6) is 0 Å². The summed E-state index contributed by atoms with van der Waals surface area (Å²) in [4.78, 5) is 80.3.